The van der Waals surface area contributed by atoms with E-state index in [1.165, 1.54) is 68.8 Å². The lowest BCUT2D eigenvalue weighted by atomic mass is 9.97. The predicted molar refractivity (Wildman–Crippen MR) is 372 cm³/mol. The molecule has 98 heavy (non-hydrogen) atoms. The van der Waals surface area contributed by atoms with Gasteiger partial charge in [0.25, 0.3) is 0 Å². The van der Waals surface area contributed by atoms with Crippen LogP contribution in [-0.2, 0) is 75.2 Å². The van der Waals surface area contributed by atoms with Crippen molar-refractivity contribution < 1.29 is 62.3 Å². The van der Waals surface area contributed by atoms with Gasteiger partial charge in [-0.1, -0.05) is 130 Å². The lowest BCUT2D eigenvalue weighted by Gasteiger charge is -2.37. The van der Waals surface area contributed by atoms with Crippen LogP contribution in [-0.4, -0.2) is 233 Å². The fourth-order valence-corrected chi connectivity index (χ4v) is 12.4. The first kappa shape index (κ1) is 82.0. The fraction of sp³-hybridized carbons (Fsp3) is 0.653. The van der Waals surface area contributed by atoms with Crippen LogP contribution in [0.15, 0.2) is 60.7 Å². The zero-order valence-corrected chi connectivity index (χ0v) is 61.1. The normalized spacial score (nSPS) is 24.9. The molecule has 7 N–H and O–H groups in total. The quantitative estimate of drug-likeness (QED) is 0.133. The molecule has 2 aliphatic heterocycles. The van der Waals surface area contributed by atoms with Gasteiger partial charge in [-0.15, -0.1) is 0 Å². The molecule has 10 atom stereocenters. The van der Waals surface area contributed by atoms with E-state index < -0.39 is 163 Å². The molecule has 2 aromatic carbocycles. The molecule has 0 bridgehead atoms. The number of nitrogens with zero attached hydrogens (tertiary/aromatic N) is 7. The molecular formula is C72H113N13O13. The van der Waals surface area contributed by atoms with Crippen LogP contribution in [0.2, 0.25) is 0 Å². The number of rotatable bonds is 17. The van der Waals surface area contributed by atoms with E-state index in [0.29, 0.717) is 37.1 Å². The molecule has 0 aromatic heterocycles. The van der Waals surface area contributed by atoms with Crippen LogP contribution in [0.5, 0.6) is 0 Å². The van der Waals surface area contributed by atoms with Crippen molar-refractivity contribution in [2.75, 3.05) is 61.9 Å². The molecule has 26 heteroatoms. The average Bonchev–Trinajstić information content (AvgIpc) is 0.828. The average molecular weight is 1370 g/mol. The summed E-state index contributed by atoms with van der Waals surface area (Å²) in [4.78, 5) is 199. The zero-order chi connectivity index (χ0) is 73.6. The van der Waals surface area contributed by atoms with E-state index in [1.54, 1.807) is 74.5 Å². The Labute approximate surface area is 580 Å². The number of carbonyl (C=O) groups excluding carboxylic acids is 13. The van der Waals surface area contributed by atoms with Crippen molar-refractivity contribution in [1.29, 1.82) is 0 Å². The Morgan fingerprint density at radius 2 is 0.918 bits per heavy atom. The second-order valence-electron chi connectivity index (χ2n) is 28.8. The number of carbonyl (C=O) groups is 13. The van der Waals surface area contributed by atoms with Crippen LogP contribution in [0.25, 0.3) is 0 Å². The van der Waals surface area contributed by atoms with Gasteiger partial charge in [-0.3, -0.25) is 62.3 Å². The van der Waals surface area contributed by atoms with Gasteiger partial charge in [0.2, 0.25) is 76.8 Å². The third kappa shape index (κ3) is 24.2. The van der Waals surface area contributed by atoms with Gasteiger partial charge < -0.3 is 66.6 Å². The van der Waals surface area contributed by atoms with E-state index in [4.69, 9.17) is 5.73 Å². The highest BCUT2D eigenvalue weighted by Gasteiger charge is 2.43. The van der Waals surface area contributed by atoms with Gasteiger partial charge in [-0.05, 0) is 99.0 Å². The Bertz CT molecular complexity index is 3070. The minimum atomic E-state index is -1.56. The topological polar surface area (TPSA) is 331 Å². The largest absolute Gasteiger partial charge is 0.370 e. The summed E-state index contributed by atoms with van der Waals surface area (Å²) in [6.07, 6.45) is 0.949. The Morgan fingerprint density at radius 1 is 0.469 bits per heavy atom. The van der Waals surface area contributed by atoms with E-state index in [2.05, 4.69) is 26.6 Å². The number of likely N-dealkylation sites (N-methyl/N-ethyl adjacent to an activating group) is 6. The van der Waals surface area contributed by atoms with Crippen molar-refractivity contribution in [2.45, 2.75) is 214 Å². The lowest BCUT2D eigenvalue weighted by Crippen LogP contribution is -2.61. The molecule has 0 radical (unpaired) electrons. The molecule has 544 valence electrons. The maximum atomic E-state index is 15.4. The molecule has 2 saturated heterocycles. The molecular weight excluding hydrogens is 1250 g/mol. The summed E-state index contributed by atoms with van der Waals surface area (Å²) in [6.45, 7) is 19.7. The molecule has 4 rings (SSSR count). The fourth-order valence-electron chi connectivity index (χ4n) is 12.4. The van der Waals surface area contributed by atoms with E-state index >= 15 is 14.4 Å². The second-order valence-corrected chi connectivity index (χ2v) is 28.8. The Kier molecular flexibility index (Phi) is 32.3. The molecule has 2 aromatic rings. The Morgan fingerprint density at radius 3 is 1.43 bits per heavy atom. The molecule has 0 unspecified atom stereocenters. The summed E-state index contributed by atoms with van der Waals surface area (Å²) in [5, 5.41) is 14.0. The highest BCUT2D eigenvalue weighted by Crippen LogP contribution is 2.23. The first-order chi connectivity index (χ1) is 45.9. The Hall–Kier alpha value is -8.45. The summed E-state index contributed by atoms with van der Waals surface area (Å²) in [5.41, 5.74) is 6.92. The molecule has 26 nitrogen and oxygen atoms in total. The molecule has 0 aliphatic carbocycles. The number of likely N-dealkylation sites (tertiary alicyclic amines) is 1. The lowest BCUT2D eigenvalue weighted by molar-refractivity contribution is -0.150. The third-order valence-corrected chi connectivity index (χ3v) is 18.3. The maximum absolute atomic E-state index is 15.4. The number of hydrogen-bond acceptors (Lipinski definition) is 13. The van der Waals surface area contributed by atoms with Gasteiger partial charge in [-0.25, -0.2) is 0 Å². The molecule has 2 aliphatic rings. The maximum Gasteiger partial charge on any atom is 0.245 e. The van der Waals surface area contributed by atoms with Gasteiger partial charge >= 0.3 is 0 Å². The summed E-state index contributed by atoms with van der Waals surface area (Å²) >= 11 is 0. The Balaban J connectivity index is 1.95. The van der Waals surface area contributed by atoms with Gasteiger partial charge in [0.1, 0.15) is 60.4 Å². The number of benzene rings is 2. The van der Waals surface area contributed by atoms with E-state index in [-0.39, 0.29) is 68.6 Å². The second kappa shape index (κ2) is 38.6. The molecule has 2 fully saturated rings. The molecule has 2 heterocycles. The van der Waals surface area contributed by atoms with Crippen molar-refractivity contribution in [3.05, 3.63) is 71.8 Å². The minimum absolute atomic E-state index is 0.0381. The van der Waals surface area contributed by atoms with Crippen molar-refractivity contribution >= 4 is 76.8 Å². The number of piperidine rings is 1. The SMILES string of the molecule is CC(C)C[C@@H]1NC(=O)[C@H](CC(C)C)N(C)C(=O)[C@H](C)N(C)C(=O)[C@@H](C(C)C)NC(=O)C[C@@H](C(=O)N2CCCCC2)NC(=O)[C@H](CCC(N)=O)NC(=O)[C@H](CC(C)C)N(C)C(=O)CN(C)C(=O)[C@H](CC(C)C)N(C)C(=O)[C@H](Cc2ccccc2)NC(=O)[C@H](Cc2ccccc2)N(C)C1=O. The molecule has 13 amide bonds. The minimum Gasteiger partial charge on any atom is -0.370 e. The van der Waals surface area contributed by atoms with Crippen molar-refractivity contribution in [3.8, 4) is 0 Å². The zero-order valence-electron chi connectivity index (χ0n) is 61.1. The third-order valence-electron chi connectivity index (χ3n) is 18.3. The van der Waals surface area contributed by atoms with Crippen LogP contribution in [0.3, 0.4) is 0 Å². The molecule has 0 saturated carbocycles. The standard InChI is InChI=1S/C72H113N13O13/c1-43(2)35-52-68(94)83(16)57(40-50-29-23-19-24-30-50)66(92)77-53(39-49-27-21-18-22-28-49)69(95)84(17)58(38-46(7)8)71(97)79(12)42-61(88)81(14)55(36-44(3)4)64(90)74-51(31-32-59(73)86)63(89)75-54(70(96)85-33-25-20-26-34-85)41-60(87)78-62(47(9)10)72(98)80(13)48(11)67(93)82(15)56(37-45(5)6)65(91)76-52/h18-19,21-24,27-30,43-48,51-58,62H,20,25-26,31-42H2,1-17H3,(H2,73,86)(H,74,90)(H,75,89)(H,76,91)(H,77,92)(H,78,87)/t48-,51-,52-,53-,54-,55-,56-,57-,58-,62+/m0/s1. The summed E-state index contributed by atoms with van der Waals surface area (Å²) in [5.74, 6) is -10.9. The van der Waals surface area contributed by atoms with Crippen LogP contribution >= 0.6 is 0 Å². The van der Waals surface area contributed by atoms with Gasteiger partial charge in [0.15, 0.2) is 0 Å². The van der Waals surface area contributed by atoms with Gasteiger partial charge in [-0.2, -0.15) is 0 Å². The first-order valence-electron chi connectivity index (χ1n) is 34.7. The van der Waals surface area contributed by atoms with Crippen LogP contribution in [0.4, 0.5) is 0 Å². The smallest absolute Gasteiger partial charge is 0.245 e. The number of nitrogens with two attached hydrogens (primary N) is 1. The highest BCUT2D eigenvalue weighted by molar-refractivity contribution is 6.00. The van der Waals surface area contributed by atoms with Gasteiger partial charge in [0, 0.05) is 74.6 Å². The van der Waals surface area contributed by atoms with Crippen LogP contribution in [0.1, 0.15) is 151 Å². The summed E-state index contributed by atoms with van der Waals surface area (Å²) in [6, 6.07) is 4.64. The molecule has 0 spiro atoms. The monoisotopic (exact) mass is 1370 g/mol. The van der Waals surface area contributed by atoms with E-state index in [1.807, 2.05) is 55.4 Å². The van der Waals surface area contributed by atoms with E-state index in [9.17, 15) is 47.9 Å². The summed E-state index contributed by atoms with van der Waals surface area (Å²) in [7, 11) is 8.46. The van der Waals surface area contributed by atoms with Crippen molar-refractivity contribution in [1.82, 2.24) is 60.9 Å². The number of amides is 13. The van der Waals surface area contributed by atoms with Gasteiger partial charge in [0.05, 0.1) is 13.0 Å². The summed E-state index contributed by atoms with van der Waals surface area (Å²) < 4.78 is 0. The first-order valence-corrected chi connectivity index (χ1v) is 34.7. The van der Waals surface area contributed by atoms with Crippen molar-refractivity contribution in [3.63, 3.8) is 0 Å². The van der Waals surface area contributed by atoms with Crippen LogP contribution < -0.4 is 32.3 Å². The predicted octanol–water partition coefficient (Wildman–Crippen LogP) is 3.03. The highest BCUT2D eigenvalue weighted by atomic mass is 16.2. The van der Waals surface area contributed by atoms with Crippen molar-refractivity contribution in [2.24, 2.45) is 35.3 Å². The number of nitrogens with one attached hydrogen (secondary N) is 5. The number of hydrogen-bond donors (Lipinski definition) is 6. The van der Waals surface area contributed by atoms with Crippen LogP contribution in [0, 0.1) is 29.6 Å². The number of primary amides is 1. The van der Waals surface area contributed by atoms with E-state index in [0.717, 1.165) is 21.1 Å².